The summed E-state index contributed by atoms with van der Waals surface area (Å²) >= 11 is 7.06. The molecule has 0 aromatic heterocycles. The molecule has 2 aromatic rings. The van der Waals surface area contributed by atoms with Crippen LogP contribution < -0.4 is 10.6 Å². The van der Waals surface area contributed by atoms with Gasteiger partial charge in [0.25, 0.3) is 0 Å². The second kappa shape index (κ2) is 9.64. The zero-order valence-electron chi connectivity index (χ0n) is 14.1. The number of thioether (sulfide) groups is 1. The van der Waals surface area contributed by atoms with Crippen molar-refractivity contribution in [3.8, 4) is 0 Å². The van der Waals surface area contributed by atoms with Crippen molar-refractivity contribution >= 4 is 34.8 Å². The van der Waals surface area contributed by atoms with E-state index in [0.29, 0.717) is 10.9 Å². The lowest BCUT2D eigenvalue weighted by atomic mass is 10.1. The highest BCUT2D eigenvalue weighted by Crippen LogP contribution is 2.17. The van der Waals surface area contributed by atoms with Gasteiger partial charge in [0, 0.05) is 18.0 Å². The Kier molecular flexibility index (Phi) is 7.53. The third kappa shape index (κ3) is 6.13. The lowest BCUT2D eigenvalue weighted by molar-refractivity contribution is 0.617. The second-order valence-electron chi connectivity index (χ2n) is 5.70. The van der Waals surface area contributed by atoms with Crippen LogP contribution in [0.25, 0.3) is 0 Å². The molecule has 0 fully saturated rings. The van der Waals surface area contributed by atoms with Crippen molar-refractivity contribution in [2.24, 2.45) is 0 Å². The van der Waals surface area contributed by atoms with Crippen LogP contribution in [0.4, 0.5) is 10.1 Å². The van der Waals surface area contributed by atoms with Gasteiger partial charge < -0.3 is 10.6 Å². The highest BCUT2D eigenvalue weighted by molar-refractivity contribution is 7.98. The van der Waals surface area contributed by atoms with Gasteiger partial charge in [-0.25, -0.2) is 4.39 Å². The van der Waals surface area contributed by atoms with E-state index in [9.17, 15) is 4.39 Å². The Morgan fingerprint density at radius 1 is 1.17 bits per heavy atom. The zero-order valence-corrected chi connectivity index (χ0v) is 15.7. The van der Waals surface area contributed by atoms with Gasteiger partial charge in [0.05, 0.1) is 0 Å². The minimum absolute atomic E-state index is 0.123. The number of hydrogen-bond acceptors (Lipinski definition) is 2. The Labute approximate surface area is 153 Å². The van der Waals surface area contributed by atoms with Crippen molar-refractivity contribution in [3.05, 3.63) is 65.0 Å². The van der Waals surface area contributed by atoms with Crippen LogP contribution in [0.5, 0.6) is 0 Å². The molecule has 0 aliphatic heterocycles. The molecule has 2 aromatic carbocycles. The molecule has 0 atom stereocenters. The van der Waals surface area contributed by atoms with Crippen LogP contribution in [0.15, 0.2) is 42.5 Å². The monoisotopic (exact) mass is 362 g/mol. The maximum Gasteiger partial charge on any atom is 0.170 e. The topological polar surface area (TPSA) is 24.1 Å². The van der Waals surface area contributed by atoms with E-state index in [1.807, 2.05) is 18.2 Å². The van der Waals surface area contributed by atoms with Crippen molar-refractivity contribution in [1.82, 2.24) is 5.32 Å². The molecule has 0 radical (unpaired) electrons. The fourth-order valence-electron chi connectivity index (χ4n) is 2.29. The zero-order chi connectivity index (χ0) is 17.4. The first-order valence-electron chi connectivity index (χ1n) is 7.99. The smallest absolute Gasteiger partial charge is 0.170 e. The predicted octanol–water partition coefficient (Wildman–Crippen LogP) is 5.05. The first kappa shape index (κ1) is 18.7. The van der Waals surface area contributed by atoms with E-state index in [-0.39, 0.29) is 5.82 Å². The number of anilines is 1. The van der Waals surface area contributed by atoms with Gasteiger partial charge in [0.2, 0.25) is 0 Å². The normalized spacial score (nSPS) is 10.5. The van der Waals surface area contributed by atoms with E-state index in [2.05, 4.69) is 36.6 Å². The molecule has 2 nitrogen and oxygen atoms in total. The molecule has 2 N–H and O–H groups in total. The average molecular weight is 363 g/mol. The Balaban J connectivity index is 1.62. The van der Waals surface area contributed by atoms with Crippen LogP contribution in [0.3, 0.4) is 0 Å². The highest BCUT2D eigenvalue weighted by atomic mass is 32.2. The van der Waals surface area contributed by atoms with E-state index in [1.54, 1.807) is 17.8 Å². The van der Waals surface area contributed by atoms with Crippen LogP contribution in [-0.2, 0) is 5.75 Å². The van der Waals surface area contributed by atoms with E-state index < -0.39 is 0 Å². The molecule has 0 spiro atoms. The summed E-state index contributed by atoms with van der Waals surface area (Å²) in [7, 11) is 0. The Morgan fingerprint density at radius 3 is 2.71 bits per heavy atom. The van der Waals surface area contributed by atoms with E-state index in [0.717, 1.165) is 30.0 Å². The Morgan fingerprint density at radius 2 is 1.96 bits per heavy atom. The van der Waals surface area contributed by atoms with Crippen LogP contribution >= 0.6 is 24.0 Å². The van der Waals surface area contributed by atoms with Gasteiger partial charge in [-0.05, 0) is 61.5 Å². The largest absolute Gasteiger partial charge is 0.362 e. The summed E-state index contributed by atoms with van der Waals surface area (Å²) in [6, 6.07) is 13.2. The van der Waals surface area contributed by atoms with Crippen molar-refractivity contribution in [2.75, 3.05) is 17.6 Å². The number of benzene rings is 2. The first-order chi connectivity index (χ1) is 11.6. The lowest BCUT2D eigenvalue weighted by Gasteiger charge is -2.13. The molecule has 0 saturated heterocycles. The third-order valence-corrected chi connectivity index (χ3v) is 4.94. The summed E-state index contributed by atoms with van der Waals surface area (Å²) in [4.78, 5) is 0. The molecule has 0 unspecified atom stereocenters. The molecule has 0 amide bonds. The second-order valence-corrected chi connectivity index (χ2v) is 7.21. The number of aryl methyl sites for hydroxylation is 2. The molecule has 0 bridgehead atoms. The Hall–Kier alpha value is -1.59. The van der Waals surface area contributed by atoms with E-state index in [4.69, 9.17) is 12.2 Å². The summed E-state index contributed by atoms with van der Waals surface area (Å²) in [5, 5.41) is 7.08. The molecule has 24 heavy (non-hydrogen) atoms. The maximum atomic E-state index is 13.5. The standard InChI is InChI=1S/C19H23FN2S2/c1-14-8-9-18(15(2)12-14)22-19(23)21-10-5-11-24-13-16-6-3-4-7-17(16)20/h3-4,6-9,12H,5,10-11,13H2,1-2H3,(H2,21,22,23). The molecular formula is C19H23FN2S2. The van der Waals surface area contributed by atoms with Gasteiger partial charge in [-0.15, -0.1) is 0 Å². The summed E-state index contributed by atoms with van der Waals surface area (Å²) in [6.07, 6.45) is 0.980. The number of nitrogens with one attached hydrogen (secondary N) is 2. The predicted molar refractivity (Wildman–Crippen MR) is 107 cm³/mol. The summed E-state index contributed by atoms with van der Waals surface area (Å²) < 4.78 is 13.5. The molecule has 0 saturated carbocycles. The van der Waals surface area contributed by atoms with Gasteiger partial charge in [0.1, 0.15) is 5.82 Å². The molecule has 0 heterocycles. The molecule has 0 aliphatic rings. The van der Waals surface area contributed by atoms with Crippen LogP contribution in [0, 0.1) is 19.7 Å². The summed E-state index contributed by atoms with van der Waals surface area (Å²) in [5.41, 5.74) is 4.22. The molecule has 2 rings (SSSR count). The van der Waals surface area contributed by atoms with Crippen LogP contribution in [0.2, 0.25) is 0 Å². The third-order valence-electron chi connectivity index (χ3n) is 3.60. The lowest BCUT2D eigenvalue weighted by Crippen LogP contribution is -2.29. The average Bonchev–Trinajstić information content (AvgIpc) is 2.55. The summed E-state index contributed by atoms with van der Waals surface area (Å²) in [6.45, 7) is 4.95. The fraction of sp³-hybridized carbons (Fsp3) is 0.316. The number of hydrogen-bond donors (Lipinski definition) is 2. The van der Waals surface area contributed by atoms with Crippen molar-refractivity contribution in [2.45, 2.75) is 26.0 Å². The minimum Gasteiger partial charge on any atom is -0.362 e. The quantitative estimate of drug-likeness (QED) is 0.531. The number of rotatable bonds is 7. The van der Waals surface area contributed by atoms with E-state index in [1.165, 1.54) is 17.2 Å². The van der Waals surface area contributed by atoms with E-state index >= 15 is 0 Å². The SMILES string of the molecule is Cc1ccc(NC(=S)NCCCSCc2ccccc2F)c(C)c1. The Bertz CT molecular complexity index is 689. The van der Waals surface area contributed by atoms with Crippen molar-refractivity contribution < 1.29 is 4.39 Å². The molecule has 0 aliphatic carbocycles. The van der Waals surface area contributed by atoms with Gasteiger partial charge in [0.15, 0.2) is 5.11 Å². The maximum absolute atomic E-state index is 13.5. The fourth-order valence-corrected chi connectivity index (χ4v) is 3.45. The van der Waals surface area contributed by atoms with Crippen molar-refractivity contribution in [3.63, 3.8) is 0 Å². The van der Waals surface area contributed by atoms with Crippen LogP contribution in [0.1, 0.15) is 23.1 Å². The molecular weight excluding hydrogens is 339 g/mol. The van der Waals surface area contributed by atoms with Crippen molar-refractivity contribution in [1.29, 1.82) is 0 Å². The highest BCUT2D eigenvalue weighted by Gasteiger charge is 2.02. The minimum atomic E-state index is -0.123. The van der Waals surface area contributed by atoms with Gasteiger partial charge >= 0.3 is 0 Å². The first-order valence-corrected chi connectivity index (χ1v) is 9.56. The van der Waals surface area contributed by atoms with Crippen LogP contribution in [-0.4, -0.2) is 17.4 Å². The molecule has 5 heteroatoms. The summed E-state index contributed by atoms with van der Waals surface area (Å²) in [5.74, 6) is 1.55. The van der Waals surface area contributed by atoms with Gasteiger partial charge in [-0.3, -0.25) is 0 Å². The number of halogens is 1. The van der Waals surface area contributed by atoms with Gasteiger partial charge in [-0.2, -0.15) is 11.8 Å². The molecule has 128 valence electrons. The number of thiocarbonyl (C=S) groups is 1. The van der Waals surface area contributed by atoms with Gasteiger partial charge in [-0.1, -0.05) is 35.9 Å².